The highest BCUT2D eigenvalue weighted by Crippen LogP contribution is 2.36. The first kappa shape index (κ1) is 14.9. The zero-order chi connectivity index (χ0) is 14.7. The Morgan fingerprint density at radius 2 is 2.00 bits per heavy atom. The van der Waals surface area contributed by atoms with Crippen molar-refractivity contribution in [2.24, 2.45) is 11.8 Å². The van der Waals surface area contributed by atoms with Gasteiger partial charge in [0.05, 0.1) is 30.8 Å². The molecule has 0 aliphatic carbocycles. The van der Waals surface area contributed by atoms with Crippen molar-refractivity contribution in [2.45, 2.75) is 6.92 Å². The summed E-state index contributed by atoms with van der Waals surface area (Å²) in [4.78, 5) is 12.3. The maximum atomic E-state index is 12.3. The normalized spacial score (nSPS) is 21.6. The van der Waals surface area contributed by atoms with Gasteiger partial charge in [-0.15, -0.1) is 0 Å². The molecule has 1 fully saturated rings. The fourth-order valence-electron chi connectivity index (χ4n) is 2.34. The van der Waals surface area contributed by atoms with E-state index in [-0.39, 0.29) is 11.8 Å². The molecule has 6 heteroatoms. The van der Waals surface area contributed by atoms with Crippen molar-refractivity contribution in [1.82, 2.24) is 5.32 Å². The zero-order valence-corrected chi connectivity index (χ0v) is 12.6. The molecule has 110 valence electrons. The molecule has 1 amide bonds. The minimum Gasteiger partial charge on any atom is -0.495 e. The number of halogens is 1. The highest BCUT2D eigenvalue weighted by atomic mass is 35.5. The maximum absolute atomic E-state index is 12.3. The van der Waals surface area contributed by atoms with E-state index in [1.165, 1.54) is 14.2 Å². The van der Waals surface area contributed by atoms with Crippen LogP contribution in [0.15, 0.2) is 12.1 Å². The smallest absolute Gasteiger partial charge is 0.229 e. The first-order valence-corrected chi connectivity index (χ1v) is 6.87. The monoisotopic (exact) mass is 298 g/mol. The number of nitrogens with one attached hydrogen (secondary N) is 2. The second-order valence-electron chi connectivity index (χ2n) is 4.92. The summed E-state index contributed by atoms with van der Waals surface area (Å²) in [6.07, 6.45) is 0. The molecule has 5 nitrogen and oxygen atoms in total. The van der Waals surface area contributed by atoms with Crippen molar-refractivity contribution < 1.29 is 14.3 Å². The molecule has 1 saturated heterocycles. The summed E-state index contributed by atoms with van der Waals surface area (Å²) >= 11 is 6.04. The molecule has 0 spiro atoms. The number of amides is 1. The Balaban J connectivity index is 2.21. The summed E-state index contributed by atoms with van der Waals surface area (Å²) in [5.41, 5.74) is 0.567. The van der Waals surface area contributed by atoms with E-state index in [1.54, 1.807) is 12.1 Å². The van der Waals surface area contributed by atoms with Crippen LogP contribution in [-0.4, -0.2) is 33.2 Å². The lowest BCUT2D eigenvalue weighted by Gasteiger charge is -2.17. The Morgan fingerprint density at radius 3 is 2.55 bits per heavy atom. The van der Waals surface area contributed by atoms with Crippen molar-refractivity contribution in [1.29, 1.82) is 0 Å². The van der Waals surface area contributed by atoms with Gasteiger partial charge in [-0.3, -0.25) is 4.79 Å². The standard InChI is InChI=1S/C14H19ClN2O3/c1-8-6-16-7-9(8)14(18)17-11-5-12(19-2)10(15)4-13(11)20-3/h4-5,8-9,16H,6-7H2,1-3H3,(H,17,18)/t8-,9-/m1/s1. The molecule has 2 atom stereocenters. The van der Waals surface area contributed by atoms with Crippen LogP contribution < -0.4 is 20.1 Å². The van der Waals surface area contributed by atoms with Crippen LogP contribution in [0.25, 0.3) is 0 Å². The van der Waals surface area contributed by atoms with Crippen molar-refractivity contribution in [3.05, 3.63) is 17.2 Å². The van der Waals surface area contributed by atoms with E-state index in [4.69, 9.17) is 21.1 Å². The molecule has 1 aliphatic rings. The molecule has 0 unspecified atom stereocenters. The van der Waals surface area contributed by atoms with Gasteiger partial charge in [0, 0.05) is 18.7 Å². The molecular weight excluding hydrogens is 280 g/mol. The Bertz CT molecular complexity index is 507. The first-order chi connectivity index (χ1) is 9.56. The van der Waals surface area contributed by atoms with Crippen LogP contribution in [0.4, 0.5) is 5.69 Å². The number of rotatable bonds is 4. The van der Waals surface area contributed by atoms with Gasteiger partial charge < -0.3 is 20.1 Å². The van der Waals surface area contributed by atoms with Crippen LogP contribution >= 0.6 is 11.6 Å². The largest absolute Gasteiger partial charge is 0.495 e. The second-order valence-corrected chi connectivity index (χ2v) is 5.33. The molecular formula is C14H19ClN2O3. The third kappa shape index (κ3) is 2.99. The summed E-state index contributed by atoms with van der Waals surface area (Å²) in [7, 11) is 3.07. The lowest BCUT2D eigenvalue weighted by molar-refractivity contribution is -0.120. The molecule has 1 aromatic carbocycles. The maximum Gasteiger partial charge on any atom is 0.229 e. The van der Waals surface area contributed by atoms with Crippen LogP contribution in [0.3, 0.4) is 0 Å². The van der Waals surface area contributed by atoms with Crippen LogP contribution in [0, 0.1) is 11.8 Å². The summed E-state index contributed by atoms with van der Waals surface area (Å²) in [6, 6.07) is 3.30. The van der Waals surface area contributed by atoms with Gasteiger partial charge in [-0.25, -0.2) is 0 Å². The van der Waals surface area contributed by atoms with E-state index >= 15 is 0 Å². The predicted octanol–water partition coefficient (Wildman–Crippen LogP) is 2.15. The quantitative estimate of drug-likeness (QED) is 0.894. The van der Waals surface area contributed by atoms with Crippen molar-refractivity contribution in [3.8, 4) is 11.5 Å². The van der Waals surface area contributed by atoms with Crippen LogP contribution in [0.1, 0.15) is 6.92 Å². The number of benzene rings is 1. The number of methoxy groups -OCH3 is 2. The molecule has 1 heterocycles. The van der Waals surface area contributed by atoms with Gasteiger partial charge in [-0.1, -0.05) is 18.5 Å². The highest BCUT2D eigenvalue weighted by molar-refractivity contribution is 6.32. The SMILES string of the molecule is COc1cc(NC(=O)[C@@H]2CNC[C@H]2C)c(OC)cc1Cl. The first-order valence-electron chi connectivity index (χ1n) is 6.50. The highest BCUT2D eigenvalue weighted by Gasteiger charge is 2.30. The number of ether oxygens (including phenoxy) is 2. The summed E-state index contributed by atoms with van der Waals surface area (Å²) in [5.74, 6) is 1.27. The van der Waals surface area contributed by atoms with Crippen molar-refractivity contribution in [2.75, 3.05) is 32.6 Å². The van der Waals surface area contributed by atoms with Gasteiger partial charge in [0.15, 0.2) is 0 Å². The topological polar surface area (TPSA) is 59.6 Å². The van der Waals surface area contributed by atoms with E-state index in [2.05, 4.69) is 17.6 Å². The summed E-state index contributed by atoms with van der Waals surface area (Å²) < 4.78 is 10.4. The third-order valence-corrected chi connectivity index (χ3v) is 3.88. The average molecular weight is 299 g/mol. The summed E-state index contributed by atoms with van der Waals surface area (Å²) in [5, 5.41) is 6.55. The minimum absolute atomic E-state index is 0.0230. The van der Waals surface area contributed by atoms with Crippen molar-refractivity contribution in [3.63, 3.8) is 0 Å². The number of anilines is 1. The van der Waals surface area contributed by atoms with E-state index in [1.807, 2.05) is 0 Å². The Labute approximate surface area is 123 Å². The van der Waals surface area contributed by atoms with Gasteiger partial charge in [0.1, 0.15) is 11.5 Å². The third-order valence-electron chi connectivity index (χ3n) is 3.59. The molecule has 0 radical (unpaired) electrons. The van der Waals surface area contributed by atoms with Gasteiger partial charge >= 0.3 is 0 Å². The van der Waals surface area contributed by atoms with Crippen LogP contribution in [0.2, 0.25) is 5.02 Å². The molecule has 2 rings (SSSR count). The number of hydrogen-bond acceptors (Lipinski definition) is 4. The van der Waals surface area contributed by atoms with Crippen LogP contribution in [-0.2, 0) is 4.79 Å². The number of carbonyl (C=O) groups excluding carboxylic acids is 1. The van der Waals surface area contributed by atoms with Crippen molar-refractivity contribution >= 4 is 23.2 Å². The van der Waals surface area contributed by atoms with E-state index in [9.17, 15) is 4.79 Å². The number of hydrogen-bond donors (Lipinski definition) is 2. The molecule has 0 aromatic heterocycles. The molecule has 0 bridgehead atoms. The van der Waals surface area contributed by atoms with Gasteiger partial charge in [-0.2, -0.15) is 0 Å². The predicted molar refractivity (Wildman–Crippen MR) is 78.7 cm³/mol. The van der Waals surface area contributed by atoms with Gasteiger partial charge in [0.2, 0.25) is 5.91 Å². The van der Waals surface area contributed by atoms with Gasteiger partial charge in [0.25, 0.3) is 0 Å². The van der Waals surface area contributed by atoms with Crippen LogP contribution in [0.5, 0.6) is 11.5 Å². The number of carbonyl (C=O) groups is 1. The van der Waals surface area contributed by atoms with Gasteiger partial charge in [-0.05, 0) is 12.5 Å². The Hall–Kier alpha value is -1.46. The molecule has 2 N–H and O–H groups in total. The fourth-order valence-corrected chi connectivity index (χ4v) is 2.58. The van der Waals surface area contributed by atoms with E-state index < -0.39 is 0 Å². The lowest BCUT2D eigenvalue weighted by Crippen LogP contribution is -2.28. The fraction of sp³-hybridized carbons (Fsp3) is 0.500. The van der Waals surface area contributed by atoms with E-state index in [0.717, 1.165) is 6.54 Å². The zero-order valence-electron chi connectivity index (χ0n) is 11.8. The molecule has 1 aliphatic heterocycles. The summed E-state index contributed by atoms with van der Waals surface area (Å²) in [6.45, 7) is 3.61. The minimum atomic E-state index is -0.0404. The lowest BCUT2D eigenvalue weighted by atomic mass is 9.97. The average Bonchev–Trinajstić information content (AvgIpc) is 2.86. The Morgan fingerprint density at radius 1 is 1.30 bits per heavy atom. The molecule has 20 heavy (non-hydrogen) atoms. The second kappa shape index (κ2) is 6.33. The molecule has 0 saturated carbocycles. The van der Waals surface area contributed by atoms with E-state index in [0.29, 0.717) is 34.7 Å². The Kier molecular flexibility index (Phi) is 4.73. The molecule has 1 aromatic rings.